The van der Waals surface area contributed by atoms with E-state index in [2.05, 4.69) is 16.8 Å². The van der Waals surface area contributed by atoms with Gasteiger partial charge in [-0.3, -0.25) is 21.2 Å². The molecule has 0 spiro atoms. The first kappa shape index (κ1) is 11.7. The molecule has 0 unspecified atom stereocenters. The average molecular weight is 192 g/mol. The molecule has 7 heteroatoms. The molecule has 0 saturated carbocycles. The van der Waals surface area contributed by atoms with E-state index >= 15 is 0 Å². The van der Waals surface area contributed by atoms with Crippen molar-refractivity contribution < 1.29 is 13.6 Å². The highest BCUT2D eigenvalue weighted by atomic mass is 19.3. The van der Waals surface area contributed by atoms with Gasteiger partial charge in [0.1, 0.15) is 5.69 Å². The molecule has 0 aliphatic rings. The summed E-state index contributed by atoms with van der Waals surface area (Å²) in [4.78, 5) is 10.2. The van der Waals surface area contributed by atoms with Gasteiger partial charge >= 0.3 is 0 Å². The first-order valence-electron chi connectivity index (χ1n) is 3.25. The SMILES string of the molecule is Cn1cc(C=O)c(C(F)F)n1.NN. The summed E-state index contributed by atoms with van der Waals surface area (Å²) in [5.74, 6) is 8.00. The molecule has 0 aromatic carbocycles. The van der Waals surface area contributed by atoms with Crippen LogP contribution in [0.3, 0.4) is 0 Å². The number of carbonyl (C=O) groups is 1. The van der Waals surface area contributed by atoms with E-state index in [-0.39, 0.29) is 5.56 Å². The molecule has 1 aromatic heterocycles. The third-order valence-electron chi connectivity index (χ3n) is 1.22. The van der Waals surface area contributed by atoms with Crippen LogP contribution >= 0.6 is 0 Å². The predicted molar refractivity (Wildman–Crippen MR) is 41.9 cm³/mol. The van der Waals surface area contributed by atoms with Gasteiger partial charge in [0.05, 0.1) is 5.56 Å². The molecule has 0 atom stereocenters. The monoisotopic (exact) mass is 192 g/mol. The molecule has 5 nitrogen and oxygen atoms in total. The first-order chi connectivity index (χ1) is 6.15. The fraction of sp³-hybridized carbons (Fsp3) is 0.333. The minimum atomic E-state index is -2.68. The van der Waals surface area contributed by atoms with E-state index in [4.69, 9.17) is 0 Å². The third-order valence-corrected chi connectivity index (χ3v) is 1.22. The van der Waals surface area contributed by atoms with E-state index in [1.807, 2.05) is 0 Å². The van der Waals surface area contributed by atoms with Crippen molar-refractivity contribution in [3.05, 3.63) is 17.5 Å². The van der Waals surface area contributed by atoms with Gasteiger partial charge in [-0.05, 0) is 0 Å². The number of aryl methyl sites for hydroxylation is 1. The number of nitrogens with zero attached hydrogens (tertiary/aromatic N) is 2. The lowest BCUT2D eigenvalue weighted by atomic mass is 10.3. The summed E-state index contributed by atoms with van der Waals surface area (Å²) in [5.41, 5.74) is -0.509. The summed E-state index contributed by atoms with van der Waals surface area (Å²) in [7, 11) is 1.48. The maximum absolute atomic E-state index is 12.0. The molecule has 1 rings (SSSR count). The molecule has 0 aliphatic heterocycles. The van der Waals surface area contributed by atoms with Crippen LogP contribution < -0.4 is 11.7 Å². The van der Waals surface area contributed by atoms with Gasteiger partial charge in [0, 0.05) is 13.2 Å². The normalized spacial score (nSPS) is 9.38. The number of hydrogen-bond donors (Lipinski definition) is 2. The Bertz CT molecular complexity index is 274. The van der Waals surface area contributed by atoms with E-state index in [1.54, 1.807) is 0 Å². The molecular weight excluding hydrogens is 182 g/mol. The zero-order valence-corrected chi connectivity index (χ0v) is 6.95. The largest absolute Gasteiger partial charge is 0.298 e. The van der Waals surface area contributed by atoms with Crippen molar-refractivity contribution in [2.24, 2.45) is 18.7 Å². The highest BCUT2D eigenvalue weighted by Crippen LogP contribution is 2.18. The van der Waals surface area contributed by atoms with Crippen LogP contribution in [0, 0.1) is 0 Å². The van der Waals surface area contributed by atoms with Gasteiger partial charge in [-0.2, -0.15) is 5.10 Å². The summed E-state index contributed by atoms with van der Waals surface area (Å²) < 4.78 is 25.2. The molecule has 4 N–H and O–H groups in total. The second-order valence-corrected chi connectivity index (χ2v) is 2.06. The number of nitrogens with two attached hydrogens (primary N) is 2. The summed E-state index contributed by atoms with van der Waals surface area (Å²) in [6.07, 6.45) is -1.06. The number of hydrogen-bond acceptors (Lipinski definition) is 4. The van der Waals surface area contributed by atoms with E-state index < -0.39 is 12.1 Å². The molecule has 0 aliphatic carbocycles. The van der Waals surface area contributed by atoms with Crippen molar-refractivity contribution in [1.82, 2.24) is 9.78 Å². The molecular formula is C6H10F2N4O. The van der Waals surface area contributed by atoms with E-state index in [0.717, 1.165) is 0 Å². The molecule has 0 fully saturated rings. The minimum absolute atomic E-state index is 0.0532. The zero-order chi connectivity index (χ0) is 10.4. The number of halogens is 2. The summed E-state index contributed by atoms with van der Waals surface area (Å²) in [5, 5.41) is 3.42. The second kappa shape index (κ2) is 5.33. The van der Waals surface area contributed by atoms with Gasteiger partial charge in [0.15, 0.2) is 6.29 Å². The summed E-state index contributed by atoms with van der Waals surface area (Å²) >= 11 is 0. The Kier molecular flexibility index (Phi) is 4.78. The Morgan fingerprint density at radius 2 is 2.15 bits per heavy atom. The molecule has 0 bridgehead atoms. The second-order valence-electron chi connectivity index (χ2n) is 2.06. The van der Waals surface area contributed by atoms with Crippen LogP contribution in [0.2, 0.25) is 0 Å². The molecule has 13 heavy (non-hydrogen) atoms. The van der Waals surface area contributed by atoms with Crippen LogP contribution in [0.4, 0.5) is 8.78 Å². The van der Waals surface area contributed by atoms with E-state index in [1.165, 1.54) is 17.9 Å². The molecule has 0 radical (unpaired) electrons. The molecule has 1 aromatic rings. The van der Waals surface area contributed by atoms with E-state index in [9.17, 15) is 13.6 Å². The topological polar surface area (TPSA) is 86.9 Å². The van der Waals surface area contributed by atoms with Crippen LogP contribution in [0.1, 0.15) is 22.5 Å². The van der Waals surface area contributed by atoms with Crippen LogP contribution in [0.15, 0.2) is 6.20 Å². The Morgan fingerprint density at radius 3 is 2.46 bits per heavy atom. The van der Waals surface area contributed by atoms with Crippen molar-refractivity contribution in [3.8, 4) is 0 Å². The first-order valence-corrected chi connectivity index (χ1v) is 3.25. The van der Waals surface area contributed by atoms with Crippen LogP contribution in [0.5, 0.6) is 0 Å². The standard InChI is InChI=1S/C6H6F2N2O.H4N2/c1-10-2-4(3-11)5(9-10)6(7)8;1-2/h2-3,6H,1H3;1-2H2. The molecule has 74 valence electrons. The van der Waals surface area contributed by atoms with Gasteiger partial charge in [-0.25, -0.2) is 8.78 Å². The van der Waals surface area contributed by atoms with Crippen LogP contribution in [-0.4, -0.2) is 16.1 Å². The summed E-state index contributed by atoms with van der Waals surface area (Å²) in [6.45, 7) is 0. The number of rotatable bonds is 2. The van der Waals surface area contributed by atoms with Gasteiger partial charge < -0.3 is 0 Å². The van der Waals surface area contributed by atoms with Gasteiger partial charge in [-0.15, -0.1) is 0 Å². The molecule has 1 heterocycles. The lowest BCUT2D eigenvalue weighted by molar-refractivity contribution is 0.110. The maximum Gasteiger partial charge on any atom is 0.282 e. The highest BCUT2D eigenvalue weighted by molar-refractivity contribution is 5.76. The van der Waals surface area contributed by atoms with Crippen molar-refractivity contribution in [1.29, 1.82) is 0 Å². The lowest BCUT2D eigenvalue weighted by Crippen LogP contribution is -2.02. The quantitative estimate of drug-likeness (QED) is 0.392. The van der Waals surface area contributed by atoms with Gasteiger partial charge in [0.25, 0.3) is 6.43 Å². The highest BCUT2D eigenvalue weighted by Gasteiger charge is 2.16. The van der Waals surface area contributed by atoms with Crippen molar-refractivity contribution in [2.45, 2.75) is 6.43 Å². The number of aldehydes is 1. The van der Waals surface area contributed by atoms with Crippen LogP contribution in [0.25, 0.3) is 0 Å². The van der Waals surface area contributed by atoms with Crippen molar-refractivity contribution in [2.75, 3.05) is 0 Å². The fourth-order valence-corrected chi connectivity index (χ4v) is 0.784. The maximum atomic E-state index is 12.0. The lowest BCUT2D eigenvalue weighted by Gasteiger charge is -1.91. The zero-order valence-electron chi connectivity index (χ0n) is 6.95. The Labute approximate surface area is 73.3 Å². The molecule has 0 saturated heterocycles. The van der Waals surface area contributed by atoms with Gasteiger partial charge in [-0.1, -0.05) is 0 Å². The van der Waals surface area contributed by atoms with E-state index in [0.29, 0.717) is 6.29 Å². The van der Waals surface area contributed by atoms with Crippen molar-refractivity contribution in [3.63, 3.8) is 0 Å². The minimum Gasteiger partial charge on any atom is -0.298 e. The number of aromatic nitrogens is 2. The Balaban J connectivity index is 0.000000671. The number of carbonyl (C=O) groups excluding carboxylic acids is 1. The predicted octanol–water partition coefficient (Wildman–Crippen LogP) is -0.0110. The third kappa shape index (κ3) is 2.88. The Hall–Kier alpha value is -1.34. The number of alkyl halides is 2. The fourth-order valence-electron chi connectivity index (χ4n) is 0.784. The average Bonchev–Trinajstić information content (AvgIpc) is 2.50. The van der Waals surface area contributed by atoms with Gasteiger partial charge in [0.2, 0.25) is 0 Å². The van der Waals surface area contributed by atoms with Crippen LogP contribution in [-0.2, 0) is 7.05 Å². The Morgan fingerprint density at radius 1 is 1.62 bits per heavy atom. The summed E-state index contributed by atoms with van der Waals surface area (Å²) in [6, 6.07) is 0. The smallest absolute Gasteiger partial charge is 0.282 e. The molecule has 0 amide bonds. The number of hydrazine groups is 1. The van der Waals surface area contributed by atoms with Crippen molar-refractivity contribution >= 4 is 6.29 Å².